The van der Waals surface area contributed by atoms with E-state index in [1.807, 2.05) is 39.0 Å². The zero-order valence-electron chi connectivity index (χ0n) is 27.1. The van der Waals surface area contributed by atoms with Crippen molar-refractivity contribution in [3.63, 3.8) is 0 Å². The van der Waals surface area contributed by atoms with Gasteiger partial charge in [-0.3, -0.25) is 0 Å². The monoisotopic (exact) mass is 618 g/mol. The van der Waals surface area contributed by atoms with Gasteiger partial charge in [-0.2, -0.15) is 0 Å². The van der Waals surface area contributed by atoms with Crippen molar-refractivity contribution in [2.24, 2.45) is 29.1 Å². The Morgan fingerprint density at radius 1 is 1.00 bits per heavy atom. The topological polar surface area (TPSA) is 84.8 Å². The van der Waals surface area contributed by atoms with Gasteiger partial charge in [0.15, 0.2) is 12.1 Å². The summed E-state index contributed by atoms with van der Waals surface area (Å²) in [5.74, 6) is -0.376. The fourth-order valence-corrected chi connectivity index (χ4v) is 10.3. The summed E-state index contributed by atoms with van der Waals surface area (Å²) in [6.07, 6.45) is 2.52. The van der Waals surface area contributed by atoms with Crippen LogP contribution < -0.4 is 0 Å². The molecule has 2 aliphatic heterocycles. The molecule has 8 nitrogen and oxygen atoms in total. The molecule has 0 amide bonds. The Bertz CT molecular complexity index is 1100. The van der Waals surface area contributed by atoms with Gasteiger partial charge in [0.1, 0.15) is 12.4 Å². The molecule has 2 saturated heterocycles. The second-order valence-corrected chi connectivity index (χ2v) is 21.1. The average Bonchev–Trinajstić information content (AvgIpc) is 3.52. The third-order valence-electron chi connectivity index (χ3n) is 10.9. The lowest BCUT2D eigenvalue weighted by atomic mass is 9.47. The van der Waals surface area contributed by atoms with Gasteiger partial charge in [0.05, 0.1) is 31.5 Å². The smallest absolute Gasteiger partial charge is 0.164 e. The molecule has 6 fully saturated rings. The van der Waals surface area contributed by atoms with Crippen molar-refractivity contribution in [3.05, 3.63) is 35.9 Å². The maximum atomic E-state index is 12.6. The number of rotatable bonds is 14. The van der Waals surface area contributed by atoms with Crippen LogP contribution in [0, 0.1) is 29.1 Å². The molecule has 1 N–H and O–H groups in total. The van der Waals surface area contributed by atoms with E-state index in [0.29, 0.717) is 59.1 Å². The Kier molecular flexibility index (Phi) is 8.98. The molecule has 9 atom stereocenters. The van der Waals surface area contributed by atoms with Crippen molar-refractivity contribution in [2.75, 3.05) is 39.8 Å². The first-order valence-electron chi connectivity index (χ1n) is 16.5. The molecule has 2 spiro atoms. The molecule has 7 rings (SSSR count). The SMILES string of the molecule is CCOC1C[C@@]2(CO1)C[C@]1(O)C[C@H]3[C@@H](CCOCOCC[Si](C)(C)C)[C@H](COCc4ccccc4)[C@@H]1[C@@]21OC(C)(C)O[C@H]31. The van der Waals surface area contributed by atoms with Crippen molar-refractivity contribution in [1.29, 1.82) is 0 Å². The number of hydrogen-bond acceptors (Lipinski definition) is 8. The van der Waals surface area contributed by atoms with Crippen LogP contribution in [0.5, 0.6) is 0 Å². The fourth-order valence-electron chi connectivity index (χ4n) is 9.56. The largest absolute Gasteiger partial charge is 0.389 e. The van der Waals surface area contributed by atoms with E-state index in [2.05, 4.69) is 31.8 Å². The van der Waals surface area contributed by atoms with Crippen LogP contribution in [0.25, 0.3) is 0 Å². The lowest BCUT2D eigenvalue weighted by molar-refractivity contribution is -0.255. The van der Waals surface area contributed by atoms with Gasteiger partial charge in [0, 0.05) is 45.6 Å². The van der Waals surface area contributed by atoms with Gasteiger partial charge in [-0.1, -0.05) is 50.0 Å². The number of hydrogen-bond donors (Lipinski definition) is 1. The van der Waals surface area contributed by atoms with Crippen molar-refractivity contribution in [3.8, 4) is 0 Å². The molecule has 4 saturated carbocycles. The van der Waals surface area contributed by atoms with Crippen molar-refractivity contribution in [1.82, 2.24) is 0 Å². The predicted molar refractivity (Wildman–Crippen MR) is 165 cm³/mol. The first-order valence-corrected chi connectivity index (χ1v) is 20.2. The third kappa shape index (κ3) is 5.92. The maximum Gasteiger partial charge on any atom is 0.164 e. The molecule has 1 aromatic carbocycles. The first kappa shape index (κ1) is 32.1. The molecule has 43 heavy (non-hydrogen) atoms. The summed E-state index contributed by atoms with van der Waals surface area (Å²) in [5.41, 5.74) is -0.743. The molecule has 0 aromatic heterocycles. The highest BCUT2D eigenvalue weighted by Gasteiger charge is 2.85. The van der Waals surface area contributed by atoms with E-state index in [0.717, 1.165) is 24.6 Å². The Morgan fingerprint density at radius 2 is 1.77 bits per heavy atom. The summed E-state index contributed by atoms with van der Waals surface area (Å²) >= 11 is 0. The summed E-state index contributed by atoms with van der Waals surface area (Å²) in [6, 6.07) is 11.4. The van der Waals surface area contributed by atoms with Gasteiger partial charge >= 0.3 is 0 Å². The highest BCUT2D eigenvalue weighted by molar-refractivity contribution is 6.76. The normalized spacial score (nSPS) is 40.9. The second-order valence-electron chi connectivity index (χ2n) is 15.5. The summed E-state index contributed by atoms with van der Waals surface area (Å²) < 4.78 is 44.6. The Hall–Kier alpha value is -0.883. The number of fused-ring (bicyclic) bond motifs is 1. The zero-order chi connectivity index (χ0) is 30.5. The first-order chi connectivity index (χ1) is 20.4. The van der Waals surface area contributed by atoms with Crippen LogP contribution in [0.15, 0.2) is 30.3 Å². The van der Waals surface area contributed by atoms with Gasteiger partial charge in [0.25, 0.3) is 0 Å². The van der Waals surface area contributed by atoms with Crippen LogP contribution in [-0.4, -0.2) is 82.4 Å². The number of aliphatic hydroxyl groups is 1. The summed E-state index contributed by atoms with van der Waals surface area (Å²) in [4.78, 5) is 0. The quantitative estimate of drug-likeness (QED) is 0.164. The van der Waals surface area contributed by atoms with Gasteiger partial charge in [-0.25, -0.2) is 0 Å². The van der Waals surface area contributed by atoms with E-state index in [9.17, 15) is 5.11 Å². The molecule has 1 unspecified atom stereocenters. The third-order valence-corrected chi connectivity index (χ3v) is 12.6. The van der Waals surface area contributed by atoms with E-state index >= 15 is 0 Å². The standard InChI is InChI=1S/C34H54O8Si/c1-7-39-28-18-32(22-40-28)21-33(35)17-26-25(13-14-36-23-37-15-16-43(4,5)6)27(20-38-19-24-11-9-8-10-12-24)29(33)34(32)30(26)41-31(2,3)42-34/h8-12,25-30,35H,7,13-23H2,1-6H3/t25-,26+,27+,28?,29+,30-,32+,33-,34+/m1/s1. The summed E-state index contributed by atoms with van der Waals surface area (Å²) in [5, 5.41) is 12.6. The number of ether oxygens (including phenoxy) is 7. The molecule has 6 aliphatic rings. The summed E-state index contributed by atoms with van der Waals surface area (Å²) in [6.45, 7) is 17.0. The van der Waals surface area contributed by atoms with Crippen LogP contribution >= 0.6 is 0 Å². The predicted octanol–water partition coefficient (Wildman–Crippen LogP) is 5.60. The Balaban J connectivity index is 1.24. The lowest BCUT2D eigenvalue weighted by Crippen LogP contribution is -2.71. The Labute approximate surface area is 259 Å². The van der Waals surface area contributed by atoms with Crippen LogP contribution in [-0.2, 0) is 39.8 Å². The minimum atomic E-state index is -1.13. The summed E-state index contributed by atoms with van der Waals surface area (Å²) in [7, 11) is -1.13. The van der Waals surface area contributed by atoms with Crippen LogP contribution in [0.1, 0.15) is 52.0 Å². The second kappa shape index (κ2) is 12.0. The van der Waals surface area contributed by atoms with Crippen molar-refractivity contribution < 1.29 is 38.3 Å². The molecule has 1 aromatic rings. The molecule has 4 bridgehead atoms. The fraction of sp³-hybridized carbons (Fsp3) is 0.824. The Morgan fingerprint density at radius 3 is 2.51 bits per heavy atom. The lowest BCUT2D eigenvalue weighted by Gasteiger charge is -2.62. The number of benzene rings is 1. The molecule has 4 aliphatic carbocycles. The van der Waals surface area contributed by atoms with E-state index in [1.165, 1.54) is 0 Å². The molecule has 242 valence electrons. The minimum absolute atomic E-state index is 0.100. The van der Waals surface area contributed by atoms with Gasteiger partial charge < -0.3 is 38.3 Å². The minimum Gasteiger partial charge on any atom is -0.389 e. The van der Waals surface area contributed by atoms with E-state index in [4.69, 9.17) is 33.2 Å². The highest BCUT2D eigenvalue weighted by atomic mass is 28.3. The van der Waals surface area contributed by atoms with Crippen LogP contribution in [0.2, 0.25) is 25.7 Å². The van der Waals surface area contributed by atoms with Crippen LogP contribution in [0.4, 0.5) is 0 Å². The molecule has 2 heterocycles. The van der Waals surface area contributed by atoms with Gasteiger partial charge in [0.2, 0.25) is 0 Å². The zero-order valence-corrected chi connectivity index (χ0v) is 28.1. The maximum absolute atomic E-state index is 12.6. The van der Waals surface area contributed by atoms with Gasteiger partial charge in [-0.05, 0) is 69.4 Å². The molecule has 9 heteroatoms. The highest BCUT2D eigenvalue weighted by Crippen LogP contribution is 2.77. The molecule has 0 radical (unpaired) electrons. The molecular weight excluding hydrogens is 564 g/mol. The molecular formula is C34H54O8Si. The van der Waals surface area contributed by atoms with E-state index in [-0.39, 0.29) is 41.5 Å². The van der Waals surface area contributed by atoms with Gasteiger partial charge in [-0.15, -0.1) is 0 Å². The van der Waals surface area contributed by atoms with E-state index < -0.39 is 25.1 Å². The van der Waals surface area contributed by atoms with Crippen molar-refractivity contribution >= 4 is 8.07 Å². The van der Waals surface area contributed by atoms with Crippen molar-refractivity contribution in [2.45, 2.75) is 108 Å². The average molecular weight is 619 g/mol. The van der Waals surface area contributed by atoms with E-state index in [1.54, 1.807) is 0 Å². The van der Waals surface area contributed by atoms with Crippen LogP contribution in [0.3, 0.4) is 0 Å².